The first-order chi connectivity index (χ1) is 13.4. The van der Waals surface area contributed by atoms with Crippen LogP contribution in [0.15, 0.2) is 0 Å². The Hall–Kier alpha value is -0.690. The van der Waals surface area contributed by atoms with E-state index >= 15 is 0 Å². The standard InChI is InChI=1S/C14H28O4.C8H18O2/c1-5-9-16-10-7-6-8-11-17-12-13(15)18-14(2,3)4;1-2-7-10-8-5-3-4-6-9/h5-12H2,1-4H3;9H,2-8H2,1H3. The molecule has 0 spiro atoms. The summed E-state index contributed by atoms with van der Waals surface area (Å²) >= 11 is 0. The smallest absolute Gasteiger partial charge is 0.332 e. The summed E-state index contributed by atoms with van der Waals surface area (Å²) in [6.07, 6.45) is 8.32. The predicted molar refractivity (Wildman–Crippen MR) is 114 cm³/mol. The van der Waals surface area contributed by atoms with Gasteiger partial charge in [0.05, 0.1) is 0 Å². The minimum Gasteiger partial charge on any atom is -0.458 e. The summed E-state index contributed by atoms with van der Waals surface area (Å²) in [6, 6.07) is 0. The summed E-state index contributed by atoms with van der Waals surface area (Å²) in [7, 11) is 0. The second-order valence-corrected chi connectivity index (χ2v) is 7.71. The van der Waals surface area contributed by atoms with Crippen LogP contribution in [0, 0.1) is 0 Å². The van der Waals surface area contributed by atoms with Gasteiger partial charge in [-0.25, -0.2) is 4.79 Å². The second kappa shape index (κ2) is 22.6. The Morgan fingerprint density at radius 1 is 0.714 bits per heavy atom. The highest BCUT2D eigenvalue weighted by Crippen LogP contribution is 2.07. The summed E-state index contributed by atoms with van der Waals surface area (Å²) in [5.74, 6) is -0.297. The quantitative estimate of drug-likeness (QED) is 0.283. The second-order valence-electron chi connectivity index (χ2n) is 7.71. The molecule has 0 bridgehead atoms. The molecule has 0 atom stereocenters. The molecule has 0 amide bonds. The van der Waals surface area contributed by atoms with Crippen LogP contribution in [0.25, 0.3) is 0 Å². The van der Waals surface area contributed by atoms with Crippen molar-refractivity contribution in [3.8, 4) is 0 Å². The highest BCUT2D eigenvalue weighted by molar-refractivity contribution is 5.71. The summed E-state index contributed by atoms with van der Waals surface area (Å²) < 4.78 is 21.0. The minimum atomic E-state index is -0.433. The lowest BCUT2D eigenvalue weighted by molar-refractivity contribution is -0.160. The average Bonchev–Trinajstić information content (AvgIpc) is 2.62. The number of hydrogen-bond acceptors (Lipinski definition) is 6. The number of hydrogen-bond donors (Lipinski definition) is 1. The van der Waals surface area contributed by atoms with Crippen molar-refractivity contribution in [2.75, 3.05) is 46.2 Å². The molecule has 1 N–H and O–H groups in total. The third-order valence-electron chi connectivity index (χ3n) is 3.36. The monoisotopic (exact) mass is 406 g/mol. The van der Waals surface area contributed by atoms with E-state index in [1.54, 1.807) is 0 Å². The molecule has 0 saturated carbocycles. The van der Waals surface area contributed by atoms with E-state index in [0.717, 1.165) is 77.8 Å². The van der Waals surface area contributed by atoms with Gasteiger partial charge in [-0.3, -0.25) is 0 Å². The SMILES string of the molecule is CCCOCCCCCO.CCCOCCCCCOCC(=O)OC(C)(C)C. The highest BCUT2D eigenvalue weighted by Gasteiger charge is 2.15. The number of esters is 1. The normalized spacial score (nSPS) is 11.1. The summed E-state index contributed by atoms with van der Waals surface area (Å²) in [6.45, 7) is 14.1. The molecular formula is C22H46O6. The molecule has 28 heavy (non-hydrogen) atoms. The van der Waals surface area contributed by atoms with Gasteiger partial charge in [0.15, 0.2) is 0 Å². The van der Waals surface area contributed by atoms with Gasteiger partial charge >= 0.3 is 5.97 Å². The van der Waals surface area contributed by atoms with Crippen LogP contribution < -0.4 is 0 Å². The molecule has 6 heteroatoms. The van der Waals surface area contributed by atoms with Crippen molar-refractivity contribution in [3.63, 3.8) is 0 Å². The van der Waals surface area contributed by atoms with E-state index in [1.165, 1.54) is 0 Å². The first-order valence-corrected chi connectivity index (χ1v) is 10.9. The van der Waals surface area contributed by atoms with Gasteiger partial charge in [0.25, 0.3) is 0 Å². The van der Waals surface area contributed by atoms with Crippen LogP contribution in [0.1, 0.15) is 86.0 Å². The van der Waals surface area contributed by atoms with Gasteiger partial charge in [-0.15, -0.1) is 0 Å². The molecule has 6 nitrogen and oxygen atoms in total. The van der Waals surface area contributed by atoms with E-state index in [9.17, 15) is 4.79 Å². The Labute approximate surface area is 173 Å². The van der Waals surface area contributed by atoms with Crippen molar-refractivity contribution in [2.24, 2.45) is 0 Å². The molecule has 0 aromatic rings. The fourth-order valence-electron chi connectivity index (χ4n) is 2.10. The molecule has 0 aliphatic heterocycles. The molecule has 0 saturated heterocycles. The van der Waals surface area contributed by atoms with E-state index < -0.39 is 5.60 Å². The number of rotatable bonds is 17. The third kappa shape index (κ3) is 30.1. The van der Waals surface area contributed by atoms with Crippen molar-refractivity contribution in [3.05, 3.63) is 0 Å². The Morgan fingerprint density at radius 3 is 1.61 bits per heavy atom. The largest absolute Gasteiger partial charge is 0.458 e. The lowest BCUT2D eigenvalue weighted by atomic mass is 10.2. The topological polar surface area (TPSA) is 74.2 Å². The number of aliphatic hydroxyl groups is 1. The molecule has 0 rings (SSSR count). The van der Waals surface area contributed by atoms with E-state index in [2.05, 4.69) is 13.8 Å². The lowest BCUT2D eigenvalue weighted by Gasteiger charge is -2.19. The summed E-state index contributed by atoms with van der Waals surface area (Å²) in [5.41, 5.74) is -0.433. The fraction of sp³-hybridized carbons (Fsp3) is 0.955. The van der Waals surface area contributed by atoms with Crippen LogP contribution in [-0.4, -0.2) is 62.9 Å². The Bertz CT molecular complexity index is 307. The highest BCUT2D eigenvalue weighted by atomic mass is 16.6. The average molecular weight is 407 g/mol. The van der Waals surface area contributed by atoms with Gasteiger partial charge in [0, 0.05) is 39.6 Å². The van der Waals surface area contributed by atoms with E-state index in [-0.39, 0.29) is 12.6 Å². The van der Waals surface area contributed by atoms with Crippen LogP contribution in [0.5, 0.6) is 0 Å². The molecule has 0 heterocycles. The maximum Gasteiger partial charge on any atom is 0.332 e. The molecule has 0 aromatic carbocycles. The molecule has 0 unspecified atom stereocenters. The number of carbonyl (C=O) groups excluding carboxylic acids is 1. The van der Waals surface area contributed by atoms with Gasteiger partial charge in [0.1, 0.15) is 12.2 Å². The van der Waals surface area contributed by atoms with Crippen LogP contribution in [0.2, 0.25) is 0 Å². The van der Waals surface area contributed by atoms with Gasteiger partial charge < -0.3 is 24.1 Å². The third-order valence-corrected chi connectivity index (χ3v) is 3.36. The zero-order valence-electron chi connectivity index (χ0n) is 19.1. The first-order valence-electron chi connectivity index (χ1n) is 10.9. The van der Waals surface area contributed by atoms with Crippen LogP contribution in [0.4, 0.5) is 0 Å². The van der Waals surface area contributed by atoms with E-state index in [4.69, 9.17) is 24.1 Å². The van der Waals surface area contributed by atoms with Gasteiger partial charge in [-0.05, 0) is 72.1 Å². The molecule has 170 valence electrons. The Morgan fingerprint density at radius 2 is 1.18 bits per heavy atom. The Kier molecular flexibility index (Phi) is 23.8. The van der Waals surface area contributed by atoms with Crippen LogP contribution in [-0.2, 0) is 23.7 Å². The Balaban J connectivity index is 0. The maximum absolute atomic E-state index is 11.3. The number of unbranched alkanes of at least 4 members (excludes halogenated alkanes) is 4. The van der Waals surface area contributed by atoms with Gasteiger partial charge in [-0.1, -0.05) is 13.8 Å². The van der Waals surface area contributed by atoms with Crippen molar-refractivity contribution in [2.45, 2.75) is 91.6 Å². The lowest BCUT2D eigenvalue weighted by Crippen LogP contribution is -2.26. The minimum absolute atomic E-state index is 0.0452. The predicted octanol–water partition coefficient (Wildman–Crippen LogP) is 4.52. The van der Waals surface area contributed by atoms with E-state index in [0.29, 0.717) is 13.2 Å². The zero-order valence-corrected chi connectivity index (χ0v) is 19.1. The summed E-state index contributed by atoms with van der Waals surface area (Å²) in [4.78, 5) is 11.3. The fourth-order valence-corrected chi connectivity index (χ4v) is 2.10. The van der Waals surface area contributed by atoms with Crippen molar-refractivity contribution >= 4 is 5.97 Å². The maximum atomic E-state index is 11.3. The number of aliphatic hydroxyl groups excluding tert-OH is 1. The van der Waals surface area contributed by atoms with Gasteiger partial charge in [-0.2, -0.15) is 0 Å². The number of ether oxygens (including phenoxy) is 4. The first kappa shape index (κ1) is 29.5. The molecule has 0 radical (unpaired) electrons. The molecule has 0 aliphatic carbocycles. The van der Waals surface area contributed by atoms with Crippen molar-refractivity contribution in [1.29, 1.82) is 0 Å². The molecule has 0 aromatic heterocycles. The van der Waals surface area contributed by atoms with Crippen LogP contribution >= 0.6 is 0 Å². The van der Waals surface area contributed by atoms with Crippen molar-refractivity contribution < 1.29 is 28.8 Å². The van der Waals surface area contributed by atoms with Gasteiger partial charge in [0.2, 0.25) is 0 Å². The van der Waals surface area contributed by atoms with E-state index in [1.807, 2.05) is 20.8 Å². The summed E-state index contributed by atoms with van der Waals surface area (Å²) in [5, 5.41) is 8.43. The number of carbonyl (C=O) groups is 1. The molecule has 0 aliphatic rings. The van der Waals surface area contributed by atoms with Crippen molar-refractivity contribution in [1.82, 2.24) is 0 Å². The molecular weight excluding hydrogens is 360 g/mol. The van der Waals surface area contributed by atoms with Crippen LogP contribution in [0.3, 0.4) is 0 Å². The molecule has 0 fully saturated rings. The zero-order chi connectivity index (χ0) is 21.5.